The average molecular weight is 568 g/mol. The molecule has 5 rings (SSSR count). The molecule has 0 spiro atoms. The average Bonchev–Trinajstić information content (AvgIpc) is 2.99. The Morgan fingerprint density at radius 2 is 1.73 bits per heavy atom. The van der Waals surface area contributed by atoms with Gasteiger partial charge in [0.2, 0.25) is 15.9 Å². The number of pyridine rings is 1. The van der Waals surface area contributed by atoms with Crippen LogP contribution in [0.25, 0.3) is 0 Å². The maximum atomic E-state index is 13.7. The molecule has 1 N–H and O–H groups in total. The van der Waals surface area contributed by atoms with E-state index in [1.807, 2.05) is 92.7 Å². The number of fused-ring (bicyclic) bond motifs is 1. The lowest BCUT2D eigenvalue weighted by atomic mass is 9.87. The van der Waals surface area contributed by atoms with Gasteiger partial charge < -0.3 is 4.90 Å². The first kappa shape index (κ1) is 28.7. The number of anilines is 1. The summed E-state index contributed by atoms with van der Waals surface area (Å²) in [5.41, 5.74) is 6.70. The molecule has 0 bridgehead atoms. The maximum Gasteiger partial charge on any atom is 0.241 e. The Kier molecular flexibility index (Phi) is 8.96. The van der Waals surface area contributed by atoms with Crippen molar-refractivity contribution >= 4 is 21.6 Å². The van der Waals surface area contributed by atoms with Gasteiger partial charge in [0.15, 0.2) is 0 Å². The molecule has 0 aliphatic heterocycles. The second-order valence-electron chi connectivity index (χ2n) is 10.7. The smallest absolute Gasteiger partial charge is 0.241 e. The predicted molar refractivity (Wildman–Crippen MR) is 163 cm³/mol. The van der Waals surface area contributed by atoms with Crippen LogP contribution >= 0.6 is 0 Å². The molecule has 0 saturated heterocycles. The van der Waals surface area contributed by atoms with Crippen molar-refractivity contribution in [2.75, 3.05) is 4.90 Å². The van der Waals surface area contributed by atoms with Crippen molar-refractivity contribution in [2.45, 2.75) is 69.9 Å². The molecule has 7 heteroatoms. The Labute approximate surface area is 243 Å². The fourth-order valence-electron chi connectivity index (χ4n) is 5.44. The SMILES string of the molecule is CCc1ccc(S(=O)(=O)N[C@H]2CCCc3ccc(N(Cc4cccc(C)n4)C(=O)CCc4ccccc4)cc32)cc1. The number of aromatic nitrogens is 1. The van der Waals surface area contributed by atoms with Crippen LogP contribution in [0.3, 0.4) is 0 Å². The van der Waals surface area contributed by atoms with Gasteiger partial charge in [-0.3, -0.25) is 9.78 Å². The van der Waals surface area contributed by atoms with Crippen LogP contribution < -0.4 is 9.62 Å². The monoisotopic (exact) mass is 567 g/mol. The van der Waals surface area contributed by atoms with E-state index >= 15 is 0 Å². The van der Waals surface area contributed by atoms with Crippen LogP contribution in [0.15, 0.2) is 95.9 Å². The lowest BCUT2D eigenvalue weighted by Gasteiger charge is -2.29. The lowest BCUT2D eigenvalue weighted by Crippen LogP contribution is -2.33. The van der Waals surface area contributed by atoms with Gasteiger partial charge in [0.25, 0.3) is 0 Å². The highest BCUT2D eigenvalue weighted by Gasteiger charge is 2.27. The number of carbonyl (C=O) groups excluding carboxylic acids is 1. The van der Waals surface area contributed by atoms with Gasteiger partial charge in [-0.05, 0) is 97.7 Å². The van der Waals surface area contributed by atoms with Crippen molar-refractivity contribution in [3.05, 3.63) is 125 Å². The van der Waals surface area contributed by atoms with Crippen LogP contribution in [0.2, 0.25) is 0 Å². The summed E-state index contributed by atoms with van der Waals surface area (Å²) >= 11 is 0. The van der Waals surface area contributed by atoms with Gasteiger partial charge in [0, 0.05) is 23.8 Å². The van der Waals surface area contributed by atoms with E-state index in [2.05, 4.69) is 9.71 Å². The molecule has 41 heavy (non-hydrogen) atoms. The van der Waals surface area contributed by atoms with Crippen LogP contribution in [-0.2, 0) is 40.6 Å². The normalized spacial score (nSPS) is 14.8. The van der Waals surface area contributed by atoms with Gasteiger partial charge in [-0.2, -0.15) is 0 Å². The summed E-state index contributed by atoms with van der Waals surface area (Å²) in [7, 11) is -3.71. The highest BCUT2D eigenvalue weighted by Crippen LogP contribution is 2.34. The molecule has 0 fully saturated rings. The van der Waals surface area contributed by atoms with Crippen molar-refractivity contribution in [2.24, 2.45) is 0 Å². The Morgan fingerprint density at radius 1 is 0.951 bits per heavy atom. The summed E-state index contributed by atoms with van der Waals surface area (Å²) < 4.78 is 29.7. The first-order valence-corrected chi connectivity index (χ1v) is 15.8. The second-order valence-corrected chi connectivity index (χ2v) is 12.4. The summed E-state index contributed by atoms with van der Waals surface area (Å²) in [4.78, 5) is 20.4. The van der Waals surface area contributed by atoms with Gasteiger partial charge in [-0.1, -0.05) is 61.5 Å². The quantitative estimate of drug-likeness (QED) is 0.238. The van der Waals surface area contributed by atoms with Crippen LogP contribution in [0.5, 0.6) is 0 Å². The number of aryl methyl sites for hydroxylation is 4. The molecule has 6 nitrogen and oxygen atoms in total. The highest BCUT2D eigenvalue weighted by atomic mass is 32.2. The number of amides is 1. The van der Waals surface area contributed by atoms with Crippen LogP contribution in [0.4, 0.5) is 5.69 Å². The van der Waals surface area contributed by atoms with Crippen molar-refractivity contribution in [1.29, 1.82) is 0 Å². The third-order valence-corrected chi connectivity index (χ3v) is 9.22. The molecule has 1 aliphatic rings. The topological polar surface area (TPSA) is 79.4 Å². The van der Waals surface area contributed by atoms with Gasteiger partial charge in [-0.25, -0.2) is 13.1 Å². The van der Waals surface area contributed by atoms with Gasteiger partial charge in [0.05, 0.1) is 17.1 Å². The molecule has 1 aliphatic carbocycles. The molecule has 1 aromatic heterocycles. The number of sulfonamides is 1. The molecule has 1 heterocycles. The highest BCUT2D eigenvalue weighted by molar-refractivity contribution is 7.89. The van der Waals surface area contributed by atoms with Crippen molar-refractivity contribution in [3.8, 4) is 0 Å². The number of nitrogens with one attached hydrogen (secondary N) is 1. The van der Waals surface area contributed by atoms with Gasteiger partial charge in [-0.15, -0.1) is 0 Å². The Morgan fingerprint density at radius 3 is 2.46 bits per heavy atom. The minimum Gasteiger partial charge on any atom is -0.306 e. The molecule has 3 aromatic carbocycles. The zero-order chi connectivity index (χ0) is 28.8. The summed E-state index contributed by atoms with van der Waals surface area (Å²) in [6, 6.07) is 28.5. The van der Waals surface area contributed by atoms with Gasteiger partial charge in [0.1, 0.15) is 0 Å². The summed E-state index contributed by atoms with van der Waals surface area (Å²) in [5.74, 6) is 0.000984. The number of rotatable bonds is 10. The molecule has 0 unspecified atom stereocenters. The third-order valence-electron chi connectivity index (χ3n) is 7.73. The molecule has 1 amide bonds. The first-order chi connectivity index (χ1) is 19.8. The van der Waals surface area contributed by atoms with Crippen molar-refractivity contribution < 1.29 is 13.2 Å². The van der Waals surface area contributed by atoms with E-state index in [0.717, 1.165) is 58.6 Å². The Hall–Kier alpha value is -3.81. The first-order valence-electron chi connectivity index (χ1n) is 14.3. The summed E-state index contributed by atoms with van der Waals surface area (Å²) in [6.07, 6.45) is 4.31. The third kappa shape index (κ3) is 7.10. The maximum absolute atomic E-state index is 13.7. The lowest BCUT2D eigenvalue weighted by molar-refractivity contribution is -0.118. The molecular weight excluding hydrogens is 530 g/mol. The zero-order valence-electron chi connectivity index (χ0n) is 23.7. The van der Waals surface area contributed by atoms with E-state index in [1.54, 1.807) is 17.0 Å². The zero-order valence-corrected chi connectivity index (χ0v) is 24.5. The number of hydrogen-bond acceptors (Lipinski definition) is 4. The molecular formula is C34H37N3O3S. The van der Waals surface area contributed by atoms with E-state index in [1.165, 1.54) is 0 Å². The minimum absolute atomic E-state index is 0.000984. The largest absolute Gasteiger partial charge is 0.306 e. The predicted octanol–water partition coefficient (Wildman–Crippen LogP) is 6.47. The van der Waals surface area contributed by atoms with Crippen LogP contribution in [0, 0.1) is 6.92 Å². The fraction of sp³-hybridized carbons (Fsp3) is 0.294. The number of carbonyl (C=O) groups is 1. The molecule has 4 aromatic rings. The van der Waals surface area contributed by atoms with Gasteiger partial charge >= 0.3 is 0 Å². The molecule has 212 valence electrons. The fourth-order valence-corrected chi connectivity index (χ4v) is 6.69. The second kappa shape index (κ2) is 12.8. The Bertz CT molecular complexity index is 1600. The van der Waals surface area contributed by atoms with E-state index in [9.17, 15) is 13.2 Å². The number of benzene rings is 3. The minimum atomic E-state index is -3.71. The molecule has 0 saturated carbocycles. The van der Waals surface area contributed by atoms with E-state index < -0.39 is 10.0 Å². The number of nitrogens with zero attached hydrogens (tertiary/aromatic N) is 2. The Balaban J connectivity index is 1.44. The molecule has 1 atom stereocenters. The summed E-state index contributed by atoms with van der Waals surface area (Å²) in [5, 5.41) is 0. The molecule has 0 radical (unpaired) electrons. The van der Waals surface area contributed by atoms with Crippen molar-refractivity contribution in [3.63, 3.8) is 0 Å². The van der Waals surface area contributed by atoms with E-state index in [-0.39, 0.29) is 16.8 Å². The standard InChI is InChI=1S/C34H37N3O3S/c1-3-26-15-20-31(21-16-26)41(39,40)36-33-14-8-12-28-18-19-30(23-32(28)33)37(24-29-13-7-9-25(2)35-29)34(38)22-17-27-10-5-4-6-11-27/h4-7,9-11,13,15-16,18-21,23,33,36H,3,8,12,14,17,22,24H2,1-2H3/t33-/m0/s1. The van der Waals surface area contributed by atoms with Crippen LogP contribution in [-0.4, -0.2) is 19.3 Å². The van der Waals surface area contributed by atoms with Crippen LogP contribution in [0.1, 0.15) is 65.9 Å². The number of hydrogen-bond donors (Lipinski definition) is 1. The van der Waals surface area contributed by atoms with E-state index in [4.69, 9.17) is 0 Å². The van der Waals surface area contributed by atoms with Crippen molar-refractivity contribution in [1.82, 2.24) is 9.71 Å². The van der Waals surface area contributed by atoms with E-state index in [0.29, 0.717) is 25.8 Å². The summed E-state index contributed by atoms with van der Waals surface area (Å²) in [6.45, 7) is 4.33.